The van der Waals surface area contributed by atoms with Gasteiger partial charge in [0.1, 0.15) is 0 Å². The molecule has 3 rings (SSSR count). The first-order chi connectivity index (χ1) is 11.0. The van der Waals surface area contributed by atoms with Crippen molar-refractivity contribution in [1.29, 1.82) is 0 Å². The van der Waals surface area contributed by atoms with Crippen molar-refractivity contribution in [3.63, 3.8) is 0 Å². The van der Waals surface area contributed by atoms with Crippen molar-refractivity contribution in [2.24, 2.45) is 5.92 Å². The van der Waals surface area contributed by atoms with Crippen molar-refractivity contribution in [3.05, 3.63) is 11.8 Å². The van der Waals surface area contributed by atoms with Gasteiger partial charge in [0.05, 0.1) is 6.54 Å². The number of hydrogen-bond donors (Lipinski definition) is 0. The highest BCUT2D eigenvalue weighted by Gasteiger charge is 2.35. The summed E-state index contributed by atoms with van der Waals surface area (Å²) < 4.78 is 5.50. The smallest absolute Gasteiger partial charge is 0.230 e. The fourth-order valence-electron chi connectivity index (χ4n) is 3.83. The largest absolute Gasteiger partial charge is 0.424 e. The molecule has 0 unspecified atom stereocenters. The van der Waals surface area contributed by atoms with Crippen LogP contribution in [-0.2, 0) is 11.3 Å². The Bertz CT molecular complexity index is 546. The summed E-state index contributed by atoms with van der Waals surface area (Å²) in [6, 6.07) is 0.547. The molecule has 0 aromatic carbocycles. The number of carbonyl (C=O) groups excluding carboxylic acids is 1. The van der Waals surface area contributed by atoms with Crippen LogP contribution in [0.4, 0.5) is 0 Å². The Kier molecular flexibility index (Phi) is 4.96. The molecule has 7 heteroatoms. The molecule has 7 nitrogen and oxygen atoms in total. The van der Waals surface area contributed by atoms with Crippen LogP contribution in [0, 0.1) is 12.8 Å². The van der Waals surface area contributed by atoms with E-state index in [4.69, 9.17) is 4.42 Å². The van der Waals surface area contributed by atoms with Gasteiger partial charge in [0, 0.05) is 59.2 Å². The minimum atomic E-state index is 0.194. The molecular formula is C16H27N5O2. The molecule has 0 saturated carbocycles. The topological polar surface area (TPSA) is 65.7 Å². The maximum absolute atomic E-state index is 11.6. The van der Waals surface area contributed by atoms with Crippen LogP contribution in [0.2, 0.25) is 0 Å². The number of rotatable bonds is 3. The second-order valence-corrected chi connectivity index (χ2v) is 6.85. The van der Waals surface area contributed by atoms with E-state index >= 15 is 0 Å². The summed E-state index contributed by atoms with van der Waals surface area (Å²) in [5.74, 6) is 2.14. The molecule has 2 atom stereocenters. The summed E-state index contributed by atoms with van der Waals surface area (Å²) >= 11 is 0. The zero-order valence-electron chi connectivity index (χ0n) is 14.4. The number of likely N-dealkylation sites (tertiary alicyclic amines) is 1. The molecule has 3 heterocycles. The third-order valence-corrected chi connectivity index (χ3v) is 5.02. The molecular weight excluding hydrogens is 294 g/mol. The van der Waals surface area contributed by atoms with E-state index in [2.05, 4.69) is 26.9 Å². The fraction of sp³-hybridized carbons (Fsp3) is 0.812. The second-order valence-electron chi connectivity index (χ2n) is 6.85. The van der Waals surface area contributed by atoms with Gasteiger partial charge in [-0.25, -0.2) is 0 Å². The summed E-state index contributed by atoms with van der Waals surface area (Å²) in [4.78, 5) is 18.5. The molecule has 0 spiro atoms. The Morgan fingerprint density at radius 1 is 1.22 bits per heavy atom. The van der Waals surface area contributed by atoms with E-state index in [1.165, 1.54) is 0 Å². The van der Waals surface area contributed by atoms with E-state index in [0.717, 1.165) is 52.2 Å². The van der Waals surface area contributed by atoms with Gasteiger partial charge in [0.15, 0.2) is 0 Å². The average Bonchev–Trinajstić information content (AvgIpc) is 2.96. The van der Waals surface area contributed by atoms with Crippen molar-refractivity contribution in [2.45, 2.75) is 39.8 Å². The van der Waals surface area contributed by atoms with Gasteiger partial charge in [0.2, 0.25) is 17.7 Å². The lowest BCUT2D eigenvalue weighted by molar-refractivity contribution is -0.128. The molecule has 2 aliphatic rings. The first-order valence-electron chi connectivity index (χ1n) is 8.54. The van der Waals surface area contributed by atoms with Gasteiger partial charge in [-0.05, 0) is 12.3 Å². The number of aromatic nitrogens is 2. The second kappa shape index (κ2) is 6.97. The summed E-state index contributed by atoms with van der Waals surface area (Å²) in [5, 5.41) is 8.00. The van der Waals surface area contributed by atoms with Crippen LogP contribution < -0.4 is 0 Å². The summed E-state index contributed by atoms with van der Waals surface area (Å²) in [5.41, 5.74) is 0. The number of carbonyl (C=O) groups is 1. The highest BCUT2D eigenvalue weighted by molar-refractivity contribution is 5.73. The molecule has 2 aliphatic heterocycles. The highest BCUT2D eigenvalue weighted by Crippen LogP contribution is 2.24. The lowest BCUT2D eigenvalue weighted by Crippen LogP contribution is -2.42. The zero-order valence-corrected chi connectivity index (χ0v) is 14.4. The molecule has 23 heavy (non-hydrogen) atoms. The van der Waals surface area contributed by atoms with Gasteiger partial charge in [-0.15, -0.1) is 10.2 Å². The predicted octanol–water partition coefficient (Wildman–Crippen LogP) is 0.753. The lowest BCUT2D eigenvalue weighted by Gasteiger charge is -2.30. The molecule has 0 aliphatic carbocycles. The fourth-order valence-corrected chi connectivity index (χ4v) is 3.83. The van der Waals surface area contributed by atoms with E-state index < -0.39 is 0 Å². The molecule has 1 aromatic heterocycles. The lowest BCUT2D eigenvalue weighted by atomic mass is 10.0. The normalized spacial score (nSPS) is 27.3. The zero-order chi connectivity index (χ0) is 16.4. The van der Waals surface area contributed by atoms with E-state index in [0.29, 0.717) is 23.7 Å². The van der Waals surface area contributed by atoms with Gasteiger partial charge in [-0.2, -0.15) is 0 Å². The molecule has 1 amide bonds. The van der Waals surface area contributed by atoms with Crippen LogP contribution in [-0.4, -0.2) is 76.1 Å². The van der Waals surface area contributed by atoms with Crippen molar-refractivity contribution in [1.82, 2.24) is 24.9 Å². The third kappa shape index (κ3) is 3.90. The van der Waals surface area contributed by atoms with Crippen LogP contribution >= 0.6 is 0 Å². The molecule has 1 aromatic rings. The third-order valence-electron chi connectivity index (χ3n) is 5.02. The van der Waals surface area contributed by atoms with Crippen LogP contribution in [0.25, 0.3) is 0 Å². The molecule has 2 fully saturated rings. The first kappa shape index (κ1) is 16.4. The maximum Gasteiger partial charge on any atom is 0.230 e. The van der Waals surface area contributed by atoms with Gasteiger partial charge in [0.25, 0.3) is 0 Å². The van der Waals surface area contributed by atoms with Gasteiger partial charge in [-0.3, -0.25) is 14.6 Å². The van der Waals surface area contributed by atoms with Crippen LogP contribution in [0.15, 0.2) is 4.42 Å². The molecule has 0 radical (unpaired) electrons. The first-order valence-corrected chi connectivity index (χ1v) is 8.54. The minimum Gasteiger partial charge on any atom is -0.424 e. The highest BCUT2D eigenvalue weighted by atomic mass is 16.4. The Labute approximate surface area is 137 Å². The molecule has 0 bridgehead atoms. The number of nitrogens with zero attached hydrogens (tertiary/aromatic N) is 5. The summed E-state index contributed by atoms with van der Waals surface area (Å²) in [7, 11) is 0. The Balaban J connectivity index is 1.57. The predicted molar refractivity (Wildman–Crippen MR) is 85.7 cm³/mol. The van der Waals surface area contributed by atoms with Crippen molar-refractivity contribution in [2.75, 3.05) is 39.3 Å². The maximum atomic E-state index is 11.6. The van der Waals surface area contributed by atoms with E-state index in [9.17, 15) is 4.79 Å². The quantitative estimate of drug-likeness (QED) is 0.819. The number of amides is 1. The van der Waals surface area contributed by atoms with Gasteiger partial charge in [-0.1, -0.05) is 6.92 Å². The number of aryl methyl sites for hydroxylation is 1. The summed E-state index contributed by atoms with van der Waals surface area (Å²) in [6.45, 7) is 12.4. The van der Waals surface area contributed by atoms with Gasteiger partial charge >= 0.3 is 0 Å². The SMILES string of the molecule is CC(=O)N1CCCN([C@H]2CN(Cc3nnc(C)o3)C[C@@H]2C)CC1. The van der Waals surface area contributed by atoms with Crippen LogP contribution in [0.5, 0.6) is 0 Å². The van der Waals surface area contributed by atoms with Crippen molar-refractivity contribution in [3.8, 4) is 0 Å². The minimum absolute atomic E-state index is 0.194. The Morgan fingerprint density at radius 3 is 2.74 bits per heavy atom. The molecule has 128 valence electrons. The van der Waals surface area contributed by atoms with Gasteiger partial charge < -0.3 is 9.32 Å². The standard InChI is InChI=1S/C16H27N5O2/c1-12-9-19(11-16-18-17-13(2)23-16)10-15(12)21-6-4-5-20(7-8-21)14(3)22/h12,15H,4-11H2,1-3H3/t12-,15-/m0/s1. The van der Waals surface area contributed by atoms with Crippen LogP contribution in [0.3, 0.4) is 0 Å². The Hall–Kier alpha value is -1.47. The molecule has 0 N–H and O–H groups in total. The average molecular weight is 321 g/mol. The summed E-state index contributed by atoms with van der Waals surface area (Å²) in [6.07, 6.45) is 1.06. The monoisotopic (exact) mass is 321 g/mol. The van der Waals surface area contributed by atoms with E-state index in [1.54, 1.807) is 6.92 Å². The number of hydrogen-bond acceptors (Lipinski definition) is 6. The van der Waals surface area contributed by atoms with Crippen molar-refractivity contribution < 1.29 is 9.21 Å². The van der Waals surface area contributed by atoms with Crippen molar-refractivity contribution >= 4 is 5.91 Å². The molecule has 2 saturated heterocycles. The van der Waals surface area contributed by atoms with Crippen LogP contribution in [0.1, 0.15) is 32.0 Å². The van der Waals surface area contributed by atoms with E-state index in [-0.39, 0.29) is 5.91 Å². The Morgan fingerprint density at radius 2 is 2.04 bits per heavy atom. The van der Waals surface area contributed by atoms with E-state index in [1.807, 2.05) is 11.8 Å².